The van der Waals surface area contributed by atoms with Crippen LogP contribution in [0.25, 0.3) is 0 Å². The van der Waals surface area contributed by atoms with Crippen LogP contribution in [0, 0.1) is 28.1 Å². The van der Waals surface area contributed by atoms with Crippen molar-refractivity contribution in [1.82, 2.24) is 10.6 Å². The fourth-order valence-corrected chi connectivity index (χ4v) is 6.25. The zero-order valence-corrected chi connectivity index (χ0v) is 25.3. The summed E-state index contributed by atoms with van der Waals surface area (Å²) in [5, 5.41) is 6.21. The summed E-state index contributed by atoms with van der Waals surface area (Å²) in [5.74, 6) is 1.35. The number of hydrogen-bond donors (Lipinski definition) is 2. The highest BCUT2D eigenvalue weighted by Crippen LogP contribution is 2.48. The Hall–Kier alpha value is -1.46. The molecule has 6 heteroatoms. The molecule has 0 aromatic rings. The molecule has 2 rings (SSSR count). The second kappa shape index (κ2) is 14.1. The highest BCUT2D eigenvalue weighted by Gasteiger charge is 2.41. The third kappa shape index (κ3) is 12.3. The molecule has 0 bridgehead atoms. The molecule has 0 atom stereocenters. The molecule has 2 saturated carbocycles. The largest absolute Gasteiger partial charge is 0.450 e. The Morgan fingerprint density at radius 1 is 0.595 bits per heavy atom. The van der Waals surface area contributed by atoms with E-state index in [-0.39, 0.29) is 40.5 Å². The highest BCUT2D eigenvalue weighted by molar-refractivity contribution is 5.67. The third-order valence-electron chi connectivity index (χ3n) is 8.81. The van der Waals surface area contributed by atoms with E-state index in [1.807, 2.05) is 0 Å². The van der Waals surface area contributed by atoms with Gasteiger partial charge < -0.3 is 20.1 Å². The molecule has 2 N–H and O–H groups in total. The maximum Gasteiger partial charge on any atom is 0.407 e. The van der Waals surface area contributed by atoms with Gasteiger partial charge in [-0.25, -0.2) is 9.59 Å². The van der Waals surface area contributed by atoms with Crippen molar-refractivity contribution in [3.05, 3.63) is 0 Å². The minimum atomic E-state index is -0.254. The first-order valence-corrected chi connectivity index (χ1v) is 15.0. The topological polar surface area (TPSA) is 76.7 Å². The van der Waals surface area contributed by atoms with Gasteiger partial charge in [0.1, 0.15) is 0 Å². The number of hydrogen-bond acceptors (Lipinski definition) is 4. The van der Waals surface area contributed by atoms with E-state index in [9.17, 15) is 9.59 Å². The zero-order chi connectivity index (χ0) is 27.7. The van der Waals surface area contributed by atoms with Crippen molar-refractivity contribution < 1.29 is 19.1 Å². The maximum absolute atomic E-state index is 12.2. The number of carbonyl (C=O) groups is 2. The van der Waals surface area contributed by atoms with Gasteiger partial charge in [0.15, 0.2) is 0 Å². The van der Waals surface area contributed by atoms with Crippen LogP contribution in [-0.4, -0.2) is 37.5 Å². The second-order valence-corrected chi connectivity index (χ2v) is 14.8. The molecule has 2 amide bonds. The monoisotopic (exact) mass is 522 g/mol. The van der Waals surface area contributed by atoms with Crippen molar-refractivity contribution in [1.29, 1.82) is 0 Å². The van der Waals surface area contributed by atoms with Crippen LogP contribution in [0.3, 0.4) is 0 Å². The normalized spacial score (nSPS) is 25.3. The number of amides is 2. The smallest absolute Gasteiger partial charge is 0.407 e. The molecule has 0 radical (unpaired) electrons. The molecule has 6 nitrogen and oxygen atoms in total. The van der Waals surface area contributed by atoms with Crippen molar-refractivity contribution in [2.45, 2.75) is 145 Å². The van der Waals surface area contributed by atoms with Crippen molar-refractivity contribution in [3.8, 4) is 0 Å². The first kappa shape index (κ1) is 31.8. The lowest BCUT2D eigenvalue weighted by Gasteiger charge is -2.46. The summed E-state index contributed by atoms with van der Waals surface area (Å²) >= 11 is 0. The molecule has 0 aromatic heterocycles. The van der Waals surface area contributed by atoms with Crippen LogP contribution < -0.4 is 10.6 Å². The molecule has 37 heavy (non-hydrogen) atoms. The van der Waals surface area contributed by atoms with Crippen molar-refractivity contribution in [2.24, 2.45) is 28.1 Å². The summed E-state index contributed by atoms with van der Waals surface area (Å²) in [6.07, 6.45) is 12.2. The summed E-state index contributed by atoms with van der Waals surface area (Å²) in [6, 6.07) is 0.466. The Morgan fingerprint density at radius 3 is 1.22 bits per heavy atom. The summed E-state index contributed by atoms with van der Waals surface area (Å²) in [5.41, 5.74) is 0.827. The number of alkyl carbamates (subject to hydrolysis) is 2. The Bertz CT molecular complexity index is 633. The Labute approximate surface area is 227 Å². The molecule has 2 aliphatic carbocycles. The van der Waals surface area contributed by atoms with E-state index in [0.717, 1.165) is 77.0 Å². The van der Waals surface area contributed by atoms with E-state index in [0.29, 0.717) is 25.0 Å². The number of nitrogens with one attached hydrogen (secondary N) is 2. The first-order valence-electron chi connectivity index (χ1n) is 15.0. The quantitative estimate of drug-likeness (QED) is 0.283. The minimum Gasteiger partial charge on any atom is -0.450 e. The van der Waals surface area contributed by atoms with Gasteiger partial charge in [0.25, 0.3) is 0 Å². The van der Waals surface area contributed by atoms with E-state index in [2.05, 4.69) is 66.0 Å². The third-order valence-corrected chi connectivity index (χ3v) is 8.81. The predicted octanol–water partition coefficient (Wildman–Crippen LogP) is 8.24. The molecule has 0 spiro atoms. The summed E-state index contributed by atoms with van der Waals surface area (Å²) in [7, 11) is 0. The van der Waals surface area contributed by atoms with Gasteiger partial charge in [0.05, 0.1) is 13.2 Å². The number of ether oxygens (including phenoxy) is 2. The van der Waals surface area contributed by atoms with Crippen LogP contribution in [0.4, 0.5) is 9.59 Å². The van der Waals surface area contributed by atoms with Gasteiger partial charge in [0.2, 0.25) is 0 Å². The maximum atomic E-state index is 12.2. The predicted molar refractivity (Wildman–Crippen MR) is 152 cm³/mol. The van der Waals surface area contributed by atoms with E-state index < -0.39 is 0 Å². The van der Waals surface area contributed by atoms with Crippen molar-refractivity contribution in [3.63, 3.8) is 0 Å². The summed E-state index contributed by atoms with van der Waals surface area (Å²) in [6.45, 7) is 19.1. The first-order chi connectivity index (χ1) is 17.2. The second-order valence-electron chi connectivity index (χ2n) is 14.8. The lowest BCUT2D eigenvalue weighted by atomic mass is 9.60. The van der Waals surface area contributed by atoms with Crippen LogP contribution in [0.1, 0.15) is 132 Å². The molecule has 2 fully saturated rings. The van der Waals surface area contributed by atoms with Crippen LogP contribution in [0.15, 0.2) is 0 Å². The molecule has 0 saturated heterocycles. The zero-order valence-electron chi connectivity index (χ0n) is 25.3. The molecular formula is C31H58N2O4. The molecule has 0 unspecified atom stereocenters. The Balaban J connectivity index is 1.64. The van der Waals surface area contributed by atoms with E-state index in [4.69, 9.17) is 9.47 Å². The van der Waals surface area contributed by atoms with Crippen molar-refractivity contribution in [2.75, 3.05) is 13.2 Å². The van der Waals surface area contributed by atoms with Crippen LogP contribution in [-0.2, 0) is 9.47 Å². The average Bonchev–Trinajstić information content (AvgIpc) is 2.79. The van der Waals surface area contributed by atoms with E-state index >= 15 is 0 Å². The van der Waals surface area contributed by atoms with Gasteiger partial charge in [-0.15, -0.1) is 0 Å². The minimum absolute atomic E-state index is 0.233. The molecular weight excluding hydrogens is 464 g/mol. The Kier molecular flexibility index (Phi) is 12.1. The summed E-state index contributed by atoms with van der Waals surface area (Å²) in [4.78, 5) is 24.4. The van der Waals surface area contributed by atoms with Crippen LogP contribution in [0.5, 0.6) is 0 Å². The summed E-state index contributed by atoms with van der Waals surface area (Å²) < 4.78 is 10.8. The fourth-order valence-electron chi connectivity index (χ4n) is 6.25. The average molecular weight is 523 g/mol. The van der Waals surface area contributed by atoms with Gasteiger partial charge in [-0.1, -0.05) is 55.4 Å². The molecule has 0 heterocycles. The van der Waals surface area contributed by atoms with Gasteiger partial charge in [-0.2, -0.15) is 0 Å². The molecule has 0 aliphatic heterocycles. The van der Waals surface area contributed by atoms with Gasteiger partial charge in [-0.05, 0) is 105 Å². The standard InChI is InChI=1S/C31H58N2O4/c1-29(2,3)19-9-21-36-27(34)32-25-15-11-23(12-16-25)31(7,8)24-13-17-26(18-14-24)33-28(35)37-22-10-20-30(4,5)6/h23-26H,9-22H2,1-8H3,(H,32,34)(H,33,35). The van der Waals surface area contributed by atoms with E-state index in [1.54, 1.807) is 0 Å². The number of rotatable bonds is 10. The molecule has 2 aliphatic rings. The van der Waals surface area contributed by atoms with E-state index in [1.165, 1.54) is 0 Å². The SMILES string of the molecule is CC(C)(C)CCCOC(=O)NC1CCC(C(C)(C)C2CCC(NC(=O)OCCCC(C)(C)C)CC2)CC1. The number of carbonyl (C=O) groups excluding carboxylic acids is 2. The molecule has 0 aromatic carbocycles. The van der Waals surface area contributed by atoms with Gasteiger partial charge in [0, 0.05) is 12.1 Å². The molecule has 216 valence electrons. The van der Waals surface area contributed by atoms with Gasteiger partial charge in [-0.3, -0.25) is 0 Å². The van der Waals surface area contributed by atoms with Crippen LogP contribution in [0.2, 0.25) is 0 Å². The van der Waals surface area contributed by atoms with Crippen LogP contribution >= 0.6 is 0 Å². The highest BCUT2D eigenvalue weighted by atomic mass is 16.6. The fraction of sp³-hybridized carbons (Fsp3) is 0.935. The van der Waals surface area contributed by atoms with Gasteiger partial charge >= 0.3 is 12.2 Å². The van der Waals surface area contributed by atoms with Crippen molar-refractivity contribution >= 4 is 12.2 Å². The Morgan fingerprint density at radius 2 is 0.919 bits per heavy atom. The lowest BCUT2D eigenvalue weighted by Crippen LogP contribution is -2.44. The lowest BCUT2D eigenvalue weighted by molar-refractivity contribution is 0.0454.